The Labute approximate surface area is 153 Å². The molecular weight excluding hydrogens is 360 g/mol. The molecule has 5 nitrogen and oxygen atoms in total. The van der Waals surface area contributed by atoms with Crippen LogP contribution >= 0.6 is 11.6 Å². The molecule has 1 aliphatic rings. The Morgan fingerprint density at radius 1 is 1.08 bits per heavy atom. The van der Waals surface area contributed by atoms with Crippen molar-refractivity contribution >= 4 is 38.3 Å². The molecule has 1 aliphatic heterocycles. The average molecular weight is 381 g/mol. The van der Waals surface area contributed by atoms with E-state index in [0.29, 0.717) is 0 Å². The summed E-state index contributed by atoms with van der Waals surface area (Å²) in [6.07, 6.45) is 0. The smallest absolute Gasteiger partial charge is 0.243 e. The summed E-state index contributed by atoms with van der Waals surface area (Å²) in [5, 5.41) is 1.89. The van der Waals surface area contributed by atoms with Gasteiger partial charge in [0.2, 0.25) is 15.9 Å². The maximum absolute atomic E-state index is 13.1. The fraction of sp³-hybridized carbons (Fsp3) is 0.389. The number of carbonyl (C=O) groups excluding carboxylic acids is 1. The van der Waals surface area contributed by atoms with E-state index < -0.39 is 10.0 Å². The van der Waals surface area contributed by atoms with Gasteiger partial charge >= 0.3 is 0 Å². The fourth-order valence-electron chi connectivity index (χ4n) is 3.51. The zero-order valence-electron chi connectivity index (χ0n) is 14.2. The Hall–Kier alpha value is -1.63. The van der Waals surface area contributed by atoms with E-state index in [4.69, 9.17) is 11.6 Å². The van der Waals surface area contributed by atoms with Crippen LogP contribution in [0.15, 0.2) is 47.4 Å². The molecule has 0 radical (unpaired) electrons. The van der Waals surface area contributed by atoms with E-state index in [1.165, 1.54) is 4.31 Å². The maximum atomic E-state index is 13.1. The largest absolute Gasteiger partial charge is 0.334 e. The number of halogens is 1. The van der Waals surface area contributed by atoms with Crippen molar-refractivity contribution in [3.8, 4) is 0 Å². The van der Waals surface area contributed by atoms with E-state index in [1.807, 2.05) is 44.2 Å². The molecule has 0 aliphatic carbocycles. The summed E-state index contributed by atoms with van der Waals surface area (Å²) in [6, 6.07) is 12.4. The Bertz CT molecular complexity index is 888. The topological polar surface area (TPSA) is 57.7 Å². The van der Waals surface area contributed by atoms with Crippen LogP contribution in [0.1, 0.15) is 13.8 Å². The molecule has 2 aromatic carbocycles. The van der Waals surface area contributed by atoms with Gasteiger partial charge in [-0.05, 0) is 36.8 Å². The van der Waals surface area contributed by atoms with Crippen molar-refractivity contribution in [2.24, 2.45) is 0 Å². The number of amides is 1. The predicted molar refractivity (Wildman–Crippen MR) is 99.2 cm³/mol. The van der Waals surface area contributed by atoms with Crippen LogP contribution in [0.25, 0.3) is 10.8 Å². The number of piperazine rings is 1. The molecule has 1 fully saturated rings. The van der Waals surface area contributed by atoms with Crippen molar-refractivity contribution < 1.29 is 13.2 Å². The third-order valence-electron chi connectivity index (χ3n) is 4.65. The van der Waals surface area contributed by atoms with Gasteiger partial charge in [-0.25, -0.2) is 8.42 Å². The first-order chi connectivity index (χ1) is 11.8. The van der Waals surface area contributed by atoms with Gasteiger partial charge in [0.15, 0.2) is 0 Å². The van der Waals surface area contributed by atoms with Crippen LogP contribution in [0.4, 0.5) is 0 Å². The van der Waals surface area contributed by atoms with Gasteiger partial charge in [-0.1, -0.05) is 30.3 Å². The Balaban J connectivity index is 1.90. The lowest BCUT2D eigenvalue weighted by atomic mass is 10.1. The fourth-order valence-corrected chi connectivity index (χ4v) is 5.28. The quantitative estimate of drug-likeness (QED) is 0.769. The van der Waals surface area contributed by atoms with Crippen molar-refractivity contribution in [3.63, 3.8) is 0 Å². The SMILES string of the molecule is CC1CN(S(=O)(=O)c2ccc3ccccc3c2)CC(C)N1C(=O)CCl. The molecule has 1 amide bonds. The second-order valence-electron chi connectivity index (χ2n) is 6.46. The summed E-state index contributed by atoms with van der Waals surface area (Å²) >= 11 is 5.67. The van der Waals surface area contributed by atoms with Gasteiger partial charge in [0, 0.05) is 25.2 Å². The summed E-state index contributed by atoms with van der Waals surface area (Å²) in [5.74, 6) is -0.254. The Morgan fingerprint density at radius 3 is 2.28 bits per heavy atom. The highest BCUT2D eigenvalue weighted by molar-refractivity contribution is 7.89. The molecule has 7 heteroatoms. The van der Waals surface area contributed by atoms with Gasteiger partial charge in [0.1, 0.15) is 5.88 Å². The molecule has 2 unspecified atom stereocenters. The minimum atomic E-state index is -3.61. The van der Waals surface area contributed by atoms with Crippen molar-refractivity contribution in [2.45, 2.75) is 30.8 Å². The normalized spacial score (nSPS) is 22.3. The van der Waals surface area contributed by atoms with Gasteiger partial charge in [-0.2, -0.15) is 4.31 Å². The molecule has 0 aromatic heterocycles. The lowest BCUT2D eigenvalue weighted by molar-refractivity contribution is -0.135. The van der Waals surface area contributed by atoms with Crippen LogP contribution in [0, 0.1) is 0 Å². The maximum Gasteiger partial charge on any atom is 0.243 e. The lowest BCUT2D eigenvalue weighted by Gasteiger charge is -2.43. The third kappa shape index (κ3) is 3.38. The second-order valence-corrected chi connectivity index (χ2v) is 8.67. The van der Waals surface area contributed by atoms with Gasteiger partial charge < -0.3 is 4.90 Å². The zero-order chi connectivity index (χ0) is 18.2. The van der Waals surface area contributed by atoms with E-state index in [2.05, 4.69) is 0 Å². The van der Waals surface area contributed by atoms with Gasteiger partial charge in [-0.15, -0.1) is 11.6 Å². The number of nitrogens with zero attached hydrogens (tertiary/aromatic N) is 2. The van der Waals surface area contributed by atoms with E-state index in [0.717, 1.165) is 10.8 Å². The molecule has 0 bridgehead atoms. The summed E-state index contributed by atoms with van der Waals surface area (Å²) in [5.41, 5.74) is 0. The predicted octanol–water partition coefficient (Wildman–Crippen LogP) is 2.69. The zero-order valence-corrected chi connectivity index (χ0v) is 15.8. The first kappa shape index (κ1) is 18.2. The summed E-state index contributed by atoms with van der Waals surface area (Å²) in [6.45, 7) is 4.23. The lowest BCUT2D eigenvalue weighted by Crippen LogP contribution is -2.60. The van der Waals surface area contributed by atoms with Gasteiger partial charge in [-0.3, -0.25) is 4.79 Å². The molecule has 25 heavy (non-hydrogen) atoms. The summed E-state index contributed by atoms with van der Waals surface area (Å²) < 4.78 is 27.6. The number of fused-ring (bicyclic) bond motifs is 1. The van der Waals surface area contributed by atoms with Crippen molar-refractivity contribution in [1.29, 1.82) is 0 Å². The monoisotopic (exact) mass is 380 g/mol. The molecule has 2 atom stereocenters. The summed E-state index contributed by atoms with van der Waals surface area (Å²) in [7, 11) is -3.61. The Kier molecular flexibility index (Phi) is 5.04. The molecule has 0 saturated carbocycles. The van der Waals surface area contributed by atoms with Crippen molar-refractivity contribution in [3.05, 3.63) is 42.5 Å². The number of alkyl halides is 1. The number of hydrogen-bond acceptors (Lipinski definition) is 3. The van der Waals surface area contributed by atoms with Crippen LogP contribution < -0.4 is 0 Å². The number of rotatable bonds is 3. The van der Waals surface area contributed by atoms with Crippen LogP contribution in [0.3, 0.4) is 0 Å². The molecule has 1 heterocycles. The van der Waals surface area contributed by atoms with Crippen LogP contribution in [-0.2, 0) is 14.8 Å². The van der Waals surface area contributed by atoms with Gasteiger partial charge in [0.05, 0.1) is 4.90 Å². The van der Waals surface area contributed by atoms with E-state index >= 15 is 0 Å². The van der Waals surface area contributed by atoms with Crippen LogP contribution in [0.2, 0.25) is 0 Å². The minimum Gasteiger partial charge on any atom is -0.334 e. The average Bonchev–Trinajstić information content (AvgIpc) is 2.60. The van der Waals surface area contributed by atoms with Crippen molar-refractivity contribution in [2.75, 3.05) is 19.0 Å². The molecule has 0 spiro atoms. The van der Waals surface area contributed by atoms with Crippen LogP contribution in [0.5, 0.6) is 0 Å². The highest BCUT2D eigenvalue weighted by Crippen LogP contribution is 2.26. The van der Waals surface area contributed by atoms with E-state index in [-0.39, 0.29) is 41.9 Å². The Morgan fingerprint density at radius 2 is 1.68 bits per heavy atom. The third-order valence-corrected chi connectivity index (χ3v) is 6.70. The standard InChI is InChI=1S/C18H21ClN2O3S/c1-13-11-20(12-14(2)21(13)18(22)10-19)25(23,24)17-8-7-15-5-3-4-6-16(15)9-17/h3-9,13-14H,10-12H2,1-2H3. The number of benzene rings is 2. The molecule has 1 saturated heterocycles. The first-order valence-electron chi connectivity index (χ1n) is 8.20. The first-order valence-corrected chi connectivity index (χ1v) is 10.2. The highest BCUT2D eigenvalue weighted by atomic mass is 35.5. The molecule has 134 valence electrons. The molecule has 2 aromatic rings. The molecule has 3 rings (SSSR count). The minimum absolute atomic E-state index is 0.0912. The highest BCUT2D eigenvalue weighted by Gasteiger charge is 2.37. The van der Waals surface area contributed by atoms with Gasteiger partial charge in [0.25, 0.3) is 0 Å². The number of sulfonamides is 1. The van der Waals surface area contributed by atoms with E-state index in [9.17, 15) is 13.2 Å². The van der Waals surface area contributed by atoms with Crippen molar-refractivity contribution in [1.82, 2.24) is 9.21 Å². The summed E-state index contributed by atoms with van der Waals surface area (Å²) in [4.78, 5) is 13.9. The van der Waals surface area contributed by atoms with E-state index in [1.54, 1.807) is 17.0 Å². The number of hydrogen-bond donors (Lipinski definition) is 0. The number of carbonyl (C=O) groups is 1. The van der Waals surface area contributed by atoms with Crippen LogP contribution in [-0.4, -0.2) is 54.6 Å². The molecular formula is C18H21ClN2O3S. The molecule has 0 N–H and O–H groups in total. The second kappa shape index (κ2) is 6.94.